The van der Waals surface area contributed by atoms with Crippen LogP contribution >= 0.6 is 24.0 Å². The zero-order valence-electron chi connectivity index (χ0n) is 15.4. The molecule has 2 rings (SSSR count). The van der Waals surface area contributed by atoms with E-state index in [1.165, 1.54) is 5.69 Å². The third-order valence-corrected chi connectivity index (χ3v) is 3.86. The summed E-state index contributed by atoms with van der Waals surface area (Å²) in [6.45, 7) is 6.21. The zero-order valence-corrected chi connectivity index (χ0v) is 17.7. The Kier molecular flexibility index (Phi) is 9.33. The number of hydrogen-bond donors (Lipinski definition) is 2. The van der Waals surface area contributed by atoms with Gasteiger partial charge in [0.1, 0.15) is 5.76 Å². The fraction of sp³-hybridized carbons (Fsp3) is 0.444. The van der Waals surface area contributed by atoms with E-state index in [9.17, 15) is 0 Å². The van der Waals surface area contributed by atoms with Gasteiger partial charge in [0.25, 0.3) is 0 Å². The summed E-state index contributed by atoms with van der Waals surface area (Å²) < 4.78 is 5.55. The maximum atomic E-state index is 5.55. The van der Waals surface area contributed by atoms with Crippen molar-refractivity contribution in [2.75, 3.05) is 32.1 Å². The minimum atomic E-state index is 0. The zero-order chi connectivity index (χ0) is 17.4. The maximum Gasteiger partial charge on any atom is 0.214 e. The molecule has 2 aromatic rings. The molecule has 0 aliphatic rings. The van der Waals surface area contributed by atoms with E-state index in [0.717, 1.165) is 36.9 Å². The molecule has 0 aliphatic carbocycles. The number of aromatic nitrogens is 1. The molecule has 1 aromatic carbocycles. The summed E-state index contributed by atoms with van der Waals surface area (Å²) >= 11 is 0. The van der Waals surface area contributed by atoms with Gasteiger partial charge in [-0.05, 0) is 32.4 Å². The van der Waals surface area contributed by atoms with Crippen LogP contribution < -0.4 is 15.5 Å². The van der Waals surface area contributed by atoms with Gasteiger partial charge >= 0.3 is 0 Å². The molecular formula is C18H28IN5O. The highest BCUT2D eigenvalue weighted by Crippen LogP contribution is 2.10. The number of anilines is 1. The average Bonchev–Trinajstić information content (AvgIpc) is 2.93. The average molecular weight is 457 g/mol. The summed E-state index contributed by atoms with van der Waals surface area (Å²) in [6, 6.07) is 10.4. The van der Waals surface area contributed by atoms with Gasteiger partial charge in [-0.25, -0.2) is 4.98 Å². The number of aryl methyl sites for hydroxylation is 2. The Morgan fingerprint density at radius 2 is 1.92 bits per heavy atom. The summed E-state index contributed by atoms with van der Waals surface area (Å²) in [5.41, 5.74) is 2.16. The van der Waals surface area contributed by atoms with E-state index in [-0.39, 0.29) is 24.0 Å². The number of rotatable bonds is 7. The third kappa shape index (κ3) is 6.93. The summed E-state index contributed by atoms with van der Waals surface area (Å²) in [5, 5.41) is 6.53. The molecule has 1 heterocycles. The lowest BCUT2D eigenvalue weighted by Gasteiger charge is -2.19. The van der Waals surface area contributed by atoms with Crippen molar-refractivity contribution in [1.82, 2.24) is 15.6 Å². The van der Waals surface area contributed by atoms with E-state index in [2.05, 4.69) is 56.8 Å². The maximum absolute atomic E-state index is 5.55. The second-order valence-corrected chi connectivity index (χ2v) is 5.71. The normalized spacial score (nSPS) is 11.0. The van der Waals surface area contributed by atoms with Crippen LogP contribution in [0.3, 0.4) is 0 Å². The van der Waals surface area contributed by atoms with Gasteiger partial charge in [-0.15, -0.1) is 24.0 Å². The van der Waals surface area contributed by atoms with Gasteiger partial charge in [-0.1, -0.05) is 18.2 Å². The Bertz CT molecular complexity index is 637. The van der Waals surface area contributed by atoms with Gasteiger partial charge in [0.2, 0.25) is 5.89 Å². The standard InChI is InChI=1S/C18H27N5O.HI/c1-14-15(2)24-17(22-14)13-21-18(19-3)20-11-8-12-23(4)16-9-6-5-7-10-16;/h5-7,9-10H,8,11-13H2,1-4H3,(H2,19,20,21);1H. The number of hydrogen-bond acceptors (Lipinski definition) is 4. The first-order chi connectivity index (χ1) is 11.6. The topological polar surface area (TPSA) is 65.7 Å². The summed E-state index contributed by atoms with van der Waals surface area (Å²) in [5.74, 6) is 2.29. The minimum Gasteiger partial charge on any atom is -0.444 e. The molecule has 0 spiro atoms. The van der Waals surface area contributed by atoms with Crippen molar-refractivity contribution in [2.45, 2.75) is 26.8 Å². The molecule has 6 nitrogen and oxygen atoms in total. The molecule has 0 bridgehead atoms. The second kappa shape index (κ2) is 11.0. The van der Waals surface area contributed by atoms with E-state index in [1.54, 1.807) is 7.05 Å². The number of oxazole rings is 1. The van der Waals surface area contributed by atoms with Crippen molar-refractivity contribution < 1.29 is 4.42 Å². The number of nitrogens with one attached hydrogen (secondary N) is 2. The molecule has 0 unspecified atom stereocenters. The van der Waals surface area contributed by atoms with Crippen molar-refractivity contribution in [3.05, 3.63) is 47.7 Å². The largest absolute Gasteiger partial charge is 0.444 e. The number of halogens is 1. The Morgan fingerprint density at radius 1 is 1.20 bits per heavy atom. The Morgan fingerprint density at radius 3 is 2.52 bits per heavy atom. The van der Waals surface area contributed by atoms with E-state index in [0.29, 0.717) is 12.4 Å². The Balaban J connectivity index is 0.00000312. The van der Waals surface area contributed by atoms with Crippen molar-refractivity contribution in [1.29, 1.82) is 0 Å². The highest BCUT2D eigenvalue weighted by molar-refractivity contribution is 14.0. The van der Waals surface area contributed by atoms with Gasteiger partial charge in [-0.3, -0.25) is 4.99 Å². The smallest absolute Gasteiger partial charge is 0.214 e. The van der Waals surface area contributed by atoms with Crippen molar-refractivity contribution in [2.24, 2.45) is 4.99 Å². The molecule has 0 atom stereocenters. The molecule has 0 fully saturated rings. The quantitative estimate of drug-likeness (QED) is 0.290. The first kappa shape index (κ1) is 21.3. The lowest BCUT2D eigenvalue weighted by atomic mass is 10.3. The first-order valence-electron chi connectivity index (χ1n) is 8.23. The molecule has 0 amide bonds. The van der Waals surface area contributed by atoms with E-state index in [1.807, 2.05) is 19.9 Å². The fourth-order valence-corrected chi connectivity index (χ4v) is 2.33. The summed E-state index contributed by atoms with van der Waals surface area (Å²) in [4.78, 5) is 10.8. The van der Waals surface area contributed by atoms with Gasteiger partial charge < -0.3 is 20.0 Å². The van der Waals surface area contributed by atoms with Gasteiger partial charge in [0.15, 0.2) is 5.96 Å². The molecule has 1 aromatic heterocycles. The monoisotopic (exact) mass is 457 g/mol. The lowest BCUT2D eigenvalue weighted by Crippen LogP contribution is -2.38. The molecule has 0 saturated heterocycles. The van der Waals surface area contributed by atoms with Crippen LogP contribution in [0.2, 0.25) is 0 Å². The van der Waals surface area contributed by atoms with Crippen LogP contribution in [0, 0.1) is 13.8 Å². The Hall–Kier alpha value is -1.77. The third-order valence-electron chi connectivity index (χ3n) is 3.86. The fourth-order valence-electron chi connectivity index (χ4n) is 2.33. The highest BCUT2D eigenvalue weighted by Gasteiger charge is 2.06. The van der Waals surface area contributed by atoms with Crippen LogP contribution in [0.25, 0.3) is 0 Å². The van der Waals surface area contributed by atoms with Crippen LogP contribution in [0.5, 0.6) is 0 Å². The van der Waals surface area contributed by atoms with Crippen molar-refractivity contribution in [3.8, 4) is 0 Å². The predicted molar refractivity (Wildman–Crippen MR) is 114 cm³/mol. The lowest BCUT2D eigenvalue weighted by molar-refractivity contribution is 0.463. The molecule has 2 N–H and O–H groups in total. The number of nitrogens with zero attached hydrogens (tertiary/aromatic N) is 3. The van der Waals surface area contributed by atoms with E-state index < -0.39 is 0 Å². The predicted octanol–water partition coefficient (Wildman–Crippen LogP) is 3.10. The van der Waals surface area contributed by atoms with Crippen molar-refractivity contribution in [3.63, 3.8) is 0 Å². The van der Waals surface area contributed by atoms with Crippen molar-refractivity contribution >= 4 is 35.6 Å². The number of aliphatic imine (C=N–C) groups is 1. The minimum absolute atomic E-state index is 0. The summed E-state index contributed by atoms with van der Waals surface area (Å²) in [6.07, 6.45) is 1.02. The van der Waals surface area contributed by atoms with Gasteiger partial charge in [0.05, 0.1) is 12.2 Å². The van der Waals surface area contributed by atoms with E-state index >= 15 is 0 Å². The number of benzene rings is 1. The molecule has 0 aliphatic heterocycles. The van der Waals surface area contributed by atoms with E-state index in [4.69, 9.17) is 4.42 Å². The molecule has 7 heteroatoms. The van der Waals surface area contributed by atoms with Crippen LogP contribution in [0.15, 0.2) is 39.7 Å². The summed E-state index contributed by atoms with van der Waals surface area (Å²) in [7, 11) is 3.87. The van der Waals surface area contributed by atoms with Gasteiger partial charge in [0, 0.05) is 32.9 Å². The van der Waals surface area contributed by atoms with Crippen LogP contribution in [0.4, 0.5) is 5.69 Å². The van der Waals surface area contributed by atoms with Gasteiger partial charge in [-0.2, -0.15) is 0 Å². The van der Waals surface area contributed by atoms with Crippen LogP contribution in [-0.2, 0) is 6.54 Å². The first-order valence-corrected chi connectivity index (χ1v) is 8.23. The number of guanidine groups is 1. The SMILES string of the molecule is CN=C(NCCCN(C)c1ccccc1)NCc1nc(C)c(C)o1.I. The number of para-hydroxylation sites is 1. The molecule has 138 valence electrons. The highest BCUT2D eigenvalue weighted by atomic mass is 127. The second-order valence-electron chi connectivity index (χ2n) is 5.71. The molecule has 25 heavy (non-hydrogen) atoms. The molecule has 0 saturated carbocycles. The van der Waals surface area contributed by atoms with Crippen LogP contribution in [0.1, 0.15) is 23.8 Å². The molecule has 0 radical (unpaired) electrons. The Labute approximate surface area is 167 Å². The van der Waals surface area contributed by atoms with Crippen LogP contribution in [-0.4, -0.2) is 38.1 Å². The molecular weight excluding hydrogens is 429 g/mol.